The molecule has 0 saturated carbocycles. The normalized spacial score (nSPS) is 11.5. The van der Waals surface area contributed by atoms with E-state index in [0.717, 1.165) is 36.2 Å². The number of hydrogen-bond donors (Lipinski definition) is 1. The van der Waals surface area contributed by atoms with Crippen molar-refractivity contribution in [3.63, 3.8) is 0 Å². The Hall–Kier alpha value is -1.14. The third-order valence-corrected chi connectivity index (χ3v) is 2.70. The number of aryl methyl sites for hydroxylation is 1. The molecule has 2 aromatic heterocycles. The quantitative estimate of drug-likeness (QED) is 0.806. The van der Waals surface area contributed by atoms with Crippen LogP contribution < -0.4 is 0 Å². The Kier molecular flexibility index (Phi) is 3.40. The van der Waals surface area contributed by atoms with Crippen LogP contribution in [-0.2, 0) is 6.42 Å². The fraction of sp³-hybridized carbons (Fsp3) is 0.500. The first-order valence-electron chi connectivity index (χ1n) is 5.19. The summed E-state index contributed by atoms with van der Waals surface area (Å²) in [4.78, 5) is 14.9. The van der Waals surface area contributed by atoms with Gasteiger partial charge < -0.3 is 4.90 Å². The van der Waals surface area contributed by atoms with Crippen LogP contribution in [-0.4, -0.2) is 44.5 Å². The van der Waals surface area contributed by atoms with E-state index in [1.807, 2.05) is 0 Å². The van der Waals surface area contributed by atoms with Gasteiger partial charge in [-0.2, -0.15) is 0 Å². The summed E-state index contributed by atoms with van der Waals surface area (Å²) in [5, 5.41) is 0. The van der Waals surface area contributed by atoms with Crippen LogP contribution in [0.2, 0.25) is 0 Å². The SMILES string of the molecule is CN(C)CCCc1ncnc2c1ncn2S. The van der Waals surface area contributed by atoms with Gasteiger partial charge in [0.05, 0.1) is 5.69 Å². The molecule has 0 aliphatic rings. The predicted octanol–water partition coefficient (Wildman–Crippen LogP) is 1.01. The molecule has 2 rings (SSSR count). The fourth-order valence-corrected chi connectivity index (χ4v) is 1.82. The average Bonchev–Trinajstić information content (AvgIpc) is 2.61. The Labute approximate surface area is 100 Å². The van der Waals surface area contributed by atoms with E-state index in [1.165, 1.54) is 0 Å². The summed E-state index contributed by atoms with van der Waals surface area (Å²) in [6.45, 7) is 1.05. The van der Waals surface area contributed by atoms with E-state index in [-0.39, 0.29) is 0 Å². The molecule has 86 valence electrons. The van der Waals surface area contributed by atoms with Crippen LogP contribution in [0.3, 0.4) is 0 Å². The molecule has 0 amide bonds. The zero-order valence-corrected chi connectivity index (χ0v) is 10.4. The minimum absolute atomic E-state index is 0.776. The van der Waals surface area contributed by atoms with Gasteiger partial charge in [0.1, 0.15) is 18.2 Å². The number of rotatable bonds is 4. The summed E-state index contributed by atoms with van der Waals surface area (Å²) in [7, 11) is 4.13. The molecule has 0 bridgehead atoms. The number of aromatic nitrogens is 4. The second kappa shape index (κ2) is 4.80. The number of fused-ring (bicyclic) bond motifs is 1. The van der Waals surface area contributed by atoms with Gasteiger partial charge in [0, 0.05) is 0 Å². The predicted molar refractivity (Wildman–Crippen MR) is 66.6 cm³/mol. The Morgan fingerprint density at radius 1 is 1.31 bits per heavy atom. The lowest BCUT2D eigenvalue weighted by Gasteiger charge is -2.08. The molecule has 0 unspecified atom stereocenters. The standard InChI is InChI=1S/C10H15N5S/c1-14(2)5-3-4-8-9-10(12-6-11-8)15(16)7-13-9/h6-7,16H,3-5H2,1-2H3. The second-order valence-electron chi connectivity index (χ2n) is 3.99. The number of nitrogens with zero attached hydrogens (tertiary/aromatic N) is 5. The van der Waals surface area contributed by atoms with E-state index < -0.39 is 0 Å². The minimum Gasteiger partial charge on any atom is -0.309 e. The molecule has 0 radical (unpaired) electrons. The van der Waals surface area contributed by atoms with Crippen LogP contribution in [0, 0.1) is 0 Å². The van der Waals surface area contributed by atoms with Crippen LogP contribution in [0.1, 0.15) is 12.1 Å². The van der Waals surface area contributed by atoms with E-state index in [4.69, 9.17) is 0 Å². The Bertz CT molecular complexity index is 479. The fourth-order valence-electron chi connectivity index (χ4n) is 1.62. The smallest absolute Gasteiger partial charge is 0.173 e. The van der Waals surface area contributed by atoms with Crippen LogP contribution in [0.5, 0.6) is 0 Å². The summed E-state index contributed by atoms with van der Waals surface area (Å²) in [6, 6.07) is 0. The highest BCUT2D eigenvalue weighted by Gasteiger charge is 2.08. The third kappa shape index (κ3) is 2.33. The molecule has 0 aliphatic carbocycles. The Morgan fingerprint density at radius 3 is 2.88 bits per heavy atom. The van der Waals surface area contributed by atoms with Crippen molar-refractivity contribution in [2.75, 3.05) is 20.6 Å². The Morgan fingerprint density at radius 2 is 2.12 bits per heavy atom. The third-order valence-electron chi connectivity index (χ3n) is 2.41. The van der Waals surface area contributed by atoms with Crippen molar-refractivity contribution in [2.24, 2.45) is 0 Å². The average molecular weight is 237 g/mol. The van der Waals surface area contributed by atoms with Crippen LogP contribution in [0.25, 0.3) is 11.2 Å². The maximum Gasteiger partial charge on any atom is 0.173 e. The minimum atomic E-state index is 0.776. The van der Waals surface area contributed by atoms with Crippen molar-refractivity contribution in [3.8, 4) is 0 Å². The van der Waals surface area contributed by atoms with E-state index in [0.29, 0.717) is 0 Å². The van der Waals surface area contributed by atoms with E-state index in [9.17, 15) is 0 Å². The first-order valence-corrected chi connectivity index (χ1v) is 5.59. The van der Waals surface area contributed by atoms with Crippen LogP contribution in [0.4, 0.5) is 0 Å². The van der Waals surface area contributed by atoms with Gasteiger partial charge in [-0.05, 0) is 33.5 Å². The number of imidazole rings is 1. The van der Waals surface area contributed by atoms with Gasteiger partial charge >= 0.3 is 0 Å². The van der Waals surface area contributed by atoms with E-state index in [2.05, 4.69) is 46.8 Å². The Balaban J connectivity index is 2.17. The van der Waals surface area contributed by atoms with Crippen molar-refractivity contribution in [1.82, 2.24) is 23.8 Å². The summed E-state index contributed by atoms with van der Waals surface area (Å²) in [5.41, 5.74) is 2.63. The molecule has 16 heavy (non-hydrogen) atoms. The van der Waals surface area contributed by atoms with Crippen molar-refractivity contribution < 1.29 is 0 Å². The molecule has 0 spiro atoms. The molecule has 2 heterocycles. The zero-order chi connectivity index (χ0) is 11.5. The second-order valence-corrected chi connectivity index (χ2v) is 4.42. The van der Waals surface area contributed by atoms with Gasteiger partial charge in [-0.25, -0.2) is 15.0 Å². The lowest BCUT2D eigenvalue weighted by Crippen LogP contribution is -2.13. The molecular weight excluding hydrogens is 222 g/mol. The highest BCUT2D eigenvalue weighted by atomic mass is 32.1. The first-order chi connectivity index (χ1) is 7.68. The molecule has 6 heteroatoms. The maximum absolute atomic E-state index is 4.28. The lowest BCUT2D eigenvalue weighted by atomic mass is 10.2. The number of hydrogen-bond acceptors (Lipinski definition) is 5. The van der Waals surface area contributed by atoms with Crippen molar-refractivity contribution in [2.45, 2.75) is 12.8 Å². The summed E-state index contributed by atoms with van der Waals surface area (Å²) in [5.74, 6) is 0. The van der Waals surface area contributed by atoms with E-state index >= 15 is 0 Å². The highest BCUT2D eigenvalue weighted by Crippen LogP contribution is 2.14. The molecule has 0 N–H and O–H groups in total. The van der Waals surface area contributed by atoms with Gasteiger partial charge in [-0.15, -0.1) is 0 Å². The molecule has 2 aromatic rings. The number of thiol groups is 1. The van der Waals surface area contributed by atoms with Gasteiger partial charge in [-0.3, -0.25) is 3.97 Å². The van der Waals surface area contributed by atoms with Crippen molar-refractivity contribution in [1.29, 1.82) is 0 Å². The monoisotopic (exact) mass is 237 g/mol. The largest absolute Gasteiger partial charge is 0.309 e. The van der Waals surface area contributed by atoms with Gasteiger partial charge in [0.25, 0.3) is 0 Å². The molecule has 0 atom stereocenters. The topological polar surface area (TPSA) is 46.8 Å². The van der Waals surface area contributed by atoms with Gasteiger partial charge in [0.2, 0.25) is 0 Å². The molecule has 0 saturated heterocycles. The van der Waals surface area contributed by atoms with Crippen LogP contribution >= 0.6 is 12.8 Å². The van der Waals surface area contributed by atoms with Crippen molar-refractivity contribution in [3.05, 3.63) is 18.3 Å². The van der Waals surface area contributed by atoms with E-state index in [1.54, 1.807) is 16.6 Å². The lowest BCUT2D eigenvalue weighted by molar-refractivity contribution is 0.400. The molecular formula is C10H15N5S. The van der Waals surface area contributed by atoms with Gasteiger partial charge in [-0.1, -0.05) is 12.8 Å². The summed E-state index contributed by atoms with van der Waals surface area (Å²) in [6.07, 6.45) is 5.21. The first kappa shape index (κ1) is 11.3. The maximum atomic E-state index is 4.28. The summed E-state index contributed by atoms with van der Waals surface area (Å²) >= 11 is 4.23. The molecule has 0 aromatic carbocycles. The molecule has 0 aliphatic heterocycles. The molecule has 5 nitrogen and oxygen atoms in total. The molecule has 0 fully saturated rings. The van der Waals surface area contributed by atoms with Gasteiger partial charge in [0.15, 0.2) is 5.65 Å². The highest BCUT2D eigenvalue weighted by molar-refractivity contribution is 7.78. The van der Waals surface area contributed by atoms with Crippen LogP contribution in [0.15, 0.2) is 12.7 Å². The summed E-state index contributed by atoms with van der Waals surface area (Å²) < 4.78 is 1.62. The zero-order valence-electron chi connectivity index (χ0n) is 9.46. The van der Waals surface area contributed by atoms with Crippen molar-refractivity contribution >= 4 is 24.0 Å².